The highest BCUT2D eigenvalue weighted by Gasteiger charge is 2.40. The average Bonchev–Trinajstić information content (AvgIpc) is 3.14. The van der Waals surface area contributed by atoms with E-state index in [1.165, 1.54) is 6.33 Å². The van der Waals surface area contributed by atoms with Crippen molar-refractivity contribution in [2.75, 3.05) is 19.6 Å². The van der Waals surface area contributed by atoms with Crippen molar-refractivity contribution in [1.29, 1.82) is 0 Å². The van der Waals surface area contributed by atoms with Crippen LogP contribution in [0.2, 0.25) is 0 Å². The number of hydrogen-bond acceptors (Lipinski definition) is 6. The number of aryl methyl sites for hydroxylation is 2. The van der Waals surface area contributed by atoms with Gasteiger partial charge in [0.1, 0.15) is 11.9 Å². The number of piperidine rings is 1. The van der Waals surface area contributed by atoms with E-state index in [-0.39, 0.29) is 24.7 Å². The molecule has 0 saturated carbocycles. The Kier molecular flexibility index (Phi) is 5.93. The van der Waals surface area contributed by atoms with Gasteiger partial charge in [-0.2, -0.15) is 10.1 Å². The number of likely N-dealkylation sites (tertiary alicyclic amines) is 1. The summed E-state index contributed by atoms with van der Waals surface area (Å²) >= 11 is 0. The van der Waals surface area contributed by atoms with E-state index in [0.717, 1.165) is 23.4 Å². The van der Waals surface area contributed by atoms with Crippen LogP contribution in [0.15, 0.2) is 6.33 Å². The molecule has 0 aromatic carbocycles. The molecule has 2 aromatic heterocycles. The molecule has 0 atom stereocenters. The van der Waals surface area contributed by atoms with Crippen LogP contribution >= 0.6 is 0 Å². The molecule has 0 unspecified atom stereocenters. The van der Waals surface area contributed by atoms with Gasteiger partial charge in [-0.3, -0.25) is 9.59 Å². The van der Waals surface area contributed by atoms with Crippen molar-refractivity contribution < 1.29 is 14.7 Å². The van der Waals surface area contributed by atoms with Crippen LogP contribution in [0.3, 0.4) is 0 Å². The van der Waals surface area contributed by atoms with Gasteiger partial charge in [0.2, 0.25) is 5.91 Å². The minimum Gasteiger partial charge on any atom is -0.380 e. The van der Waals surface area contributed by atoms with Gasteiger partial charge in [0, 0.05) is 50.3 Å². The van der Waals surface area contributed by atoms with Crippen LogP contribution in [-0.2, 0) is 16.0 Å². The second kappa shape index (κ2) is 8.22. The Balaban J connectivity index is 1.58. The summed E-state index contributed by atoms with van der Waals surface area (Å²) in [6.07, 6.45) is 3.73. The molecule has 9 nitrogen and oxygen atoms in total. The normalized spacial score (nSPS) is 16.4. The largest absolute Gasteiger partial charge is 0.380 e. The molecule has 0 aliphatic carbocycles. The van der Waals surface area contributed by atoms with Gasteiger partial charge in [-0.05, 0) is 32.3 Å². The number of rotatable bonds is 6. The molecule has 0 radical (unpaired) electrons. The lowest BCUT2D eigenvalue weighted by molar-refractivity contribution is -0.149. The lowest BCUT2D eigenvalue weighted by Crippen LogP contribution is -2.54. The third kappa shape index (κ3) is 3.99. The molecule has 3 rings (SSSR count). The summed E-state index contributed by atoms with van der Waals surface area (Å²) in [5.41, 5.74) is 1.42. The molecular formula is C19H28N6O3. The Hall–Kier alpha value is -2.55. The highest BCUT2D eigenvalue weighted by atomic mass is 16.3. The maximum absolute atomic E-state index is 12.6. The monoisotopic (exact) mass is 388 g/mol. The minimum absolute atomic E-state index is 0.0218. The summed E-state index contributed by atoms with van der Waals surface area (Å²) in [6, 6.07) is 0. The van der Waals surface area contributed by atoms with E-state index in [0.29, 0.717) is 38.3 Å². The summed E-state index contributed by atoms with van der Waals surface area (Å²) in [6.45, 7) is 7.14. The highest BCUT2D eigenvalue weighted by Crippen LogP contribution is 2.23. The Bertz CT molecular complexity index is 870. The van der Waals surface area contributed by atoms with E-state index in [4.69, 9.17) is 0 Å². The zero-order valence-electron chi connectivity index (χ0n) is 16.7. The third-order valence-electron chi connectivity index (χ3n) is 5.48. The molecule has 28 heavy (non-hydrogen) atoms. The Morgan fingerprint density at radius 1 is 1.29 bits per heavy atom. The van der Waals surface area contributed by atoms with E-state index >= 15 is 0 Å². The molecular weight excluding hydrogens is 360 g/mol. The number of hydrogen-bond donors (Lipinski definition) is 2. The molecule has 152 valence electrons. The number of amides is 2. The molecule has 1 aliphatic heterocycles. The first-order valence-electron chi connectivity index (χ1n) is 9.80. The van der Waals surface area contributed by atoms with Gasteiger partial charge in [0.15, 0.2) is 0 Å². The second-order valence-electron chi connectivity index (χ2n) is 7.40. The van der Waals surface area contributed by atoms with Crippen molar-refractivity contribution in [3.8, 4) is 0 Å². The van der Waals surface area contributed by atoms with Gasteiger partial charge in [-0.1, -0.05) is 6.92 Å². The number of carbonyl (C=O) groups is 2. The molecule has 0 spiro atoms. The molecule has 9 heteroatoms. The Labute approximate surface area is 164 Å². The first-order valence-corrected chi connectivity index (χ1v) is 9.80. The number of aromatic nitrogens is 4. The van der Waals surface area contributed by atoms with E-state index < -0.39 is 5.60 Å². The quantitative estimate of drug-likeness (QED) is 0.747. The molecule has 3 heterocycles. The minimum atomic E-state index is -1.37. The van der Waals surface area contributed by atoms with Crippen LogP contribution in [0.1, 0.15) is 49.6 Å². The molecule has 2 N–H and O–H groups in total. The summed E-state index contributed by atoms with van der Waals surface area (Å²) in [5, 5.41) is 17.5. The van der Waals surface area contributed by atoms with Crippen LogP contribution < -0.4 is 5.32 Å². The SMILES string of the molecule is CCCNC(=O)C1(O)CCN(C(=O)CCc2c(C)nc3ncnn3c2C)CC1. The second-order valence-corrected chi connectivity index (χ2v) is 7.40. The lowest BCUT2D eigenvalue weighted by Gasteiger charge is -2.37. The van der Waals surface area contributed by atoms with Crippen LogP contribution in [-0.4, -0.2) is 66.6 Å². The van der Waals surface area contributed by atoms with Crippen LogP contribution in [0.25, 0.3) is 5.78 Å². The number of fused-ring (bicyclic) bond motifs is 1. The van der Waals surface area contributed by atoms with E-state index in [1.807, 2.05) is 20.8 Å². The summed E-state index contributed by atoms with van der Waals surface area (Å²) < 4.78 is 1.68. The first-order chi connectivity index (χ1) is 13.4. The van der Waals surface area contributed by atoms with Crippen molar-refractivity contribution in [3.05, 3.63) is 23.3 Å². The fraction of sp³-hybridized carbons (Fsp3) is 0.632. The molecule has 1 fully saturated rings. The molecule has 2 amide bonds. The van der Waals surface area contributed by atoms with Crippen molar-refractivity contribution in [3.63, 3.8) is 0 Å². The van der Waals surface area contributed by atoms with Crippen molar-refractivity contribution in [1.82, 2.24) is 29.8 Å². The van der Waals surface area contributed by atoms with Crippen LogP contribution in [0, 0.1) is 13.8 Å². The summed E-state index contributed by atoms with van der Waals surface area (Å²) in [5.74, 6) is 0.246. The van der Waals surface area contributed by atoms with Crippen LogP contribution in [0.5, 0.6) is 0 Å². The van der Waals surface area contributed by atoms with Crippen molar-refractivity contribution >= 4 is 17.6 Å². The lowest BCUT2D eigenvalue weighted by atomic mass is 9.90. The Morgan fingerprint density at radius 3 is 2.68 bits per heavy atom. The fourth-order valence-electron chi connectivity index (χ4n) is 3.66. The summed E-state index contributed by atoms with van der Waals surface area (Å²) in [7, 11) is 0. The molecule has 0 bridgehead atoms. The van der Waals surface area contributed by atoms with E-state index in [9.17, 15) is 14.7 Å². The molecule has 1 aliphatic rings. The van der Waals surface area contributed by atoms with Gasteiger partial charge in [0.25, 0.3) is 11.7 Å². The van der Waals surface area contributed by atoms with Crippen molar-refractivity contribution in [2.24, 2.45) is 0 Å². The number of nitrogens with one attached hydrogen (secondary N) is 1. The molecule has 2 aromatic rings. The fourth-order valence-corrected chi connectivity index (χ4v) is 3.66. The topological polar surface area (TPSA) is 113 Å². The maximum atomic E-state index is 12.6. The zero-order chi connectivity index (χ0) is 20.3. The number of carbonyl (C=O) groups excluding carboxylic acids is 2. The number of nitrogens with zero attached hydrogens (tertiary/aromatic N) is 5. The summed E-state index contributed by atoms with van der Waals surface area (Å²) in [4.78, 5) is 35.1. The number of aliphatic hydroxyl groups is 1. The first kappa shape index (κ1) is 20.2. The standard InChI is InChI=1S/C19H28N6O3/c1-4-9-20-17(27)19(28)7-10-24(11-8-19)16(26)6-5-15-13(2)23-18-21-12-22-25(18)14(15)3/h12,28H,4-11H2,1-3H3,(H,20,27). The van der Waals surface area contributed by atoms with E-state index in [1.54, 1.807) is 9.42 Å². The predicted octanol–water partition coefficient (Wildman–Crippen LogP) is 0.553. The average molecular weight is 388 g/mol. The van der Waals surface area contributed by atoms with Gasteiger partial charge >= 0.3 is 0 Å². The molecule has 1 saturated heterocycles. The Morgan fingerprint density at radius 2 is 2.00 bits per heavy atom. The van der Waals surface area contributed by atoms with Gasteiger partial charge in [0.05, 0.1) is 0 Å². The smallest absolute Gasteiger partial charge is 0.252 e. The van der Waals surface area contributed by atoms with Gasteiger partial charge in [-0.25, -0.2) is 9.50 Å². The zero-order valence-corrected chi connectivity index (χ0v) is 16.7. The van der Waals surface area contributed by atoms with E-state index in [2.05, 4.69) is 20.4 Å². The van der Waals surface area contributed by atoms with Gasteiger partial charge < -0.3 is 15.3 Å². The predicted molar refractivity (Wildman–Crippen MR) is 103 cm³/mol. The van der Waals surface area contributed by atoms with Crippen LogP contribution in [0.4, 0.5) is 0 Å². The third-order valence-corrected chi connectivity index (χ3v) is 5.48. The maximum Gasteiger partial charge on any atom is 0.252 e. The highest BCUT2D eigenvalue weighted by molar-refractivity contribution is 5.85. The van der Waals surface area contributed by atoms with Gasteiger partial charge in [-0.15, -0.1) is 0 Å². The van der Waals surface area contributed by atoms with Crippen molar-refractivity contribution in [2.45, 2.75) is 58.5 Å².